The number of carbonyl (C=O) groups excluding carboxylic acids is 1. The molecule has 2 rings (SSSR count). The van der Waals surface area contributed by atoms with Gasteiger partial charge in [-0.1, -0.05) is 42.1 Å². The van der Waals surface area contributed by atoms with E-state index in [1.54, 1.807) is 6.92 Å². The second kappa shape index (κ2) is 5.12. The molecule has 7 heteroatoms. The van der Waals surface area contributed by atoms with E-state index in [4.69, 9.17) is 0 Å². The van der Waals surface area contributed by atoms with Crippen LogP contribution in [0, 0.1) is 0 Å². The summed E-state index contributed by atoms with van der Waals surface area (Å²) >= 11 is 0.415. The second-order valence-corrected chi connectivity index (χ2v) is 6.04. The van der Waals surface area contributed by atoms with Gasteiger partial charge in [0.2, 0.25) is 0 Å². The van der Waals surface area contributed by atoms with E-state index in [0.717, 1.165) is 12.5 Å². The van der Waals surface area contributed by atoms with E-state index < -0.39 is 16.8 Å². The summed E-state index contributed by atoms with van der Waals surface area (Å²) in [5.41, 5.74) is 0.906. The average molecular weight is 302 g/mol. The molecule has 3 nitrogen and oxygen atoms in total. The van der Waals surface area contributed by atoms with Crippen molar-refractivity contribution in [3.8, 4) is 0 Å². The molecule has 0 radical (unpaired) electrons. The number of nitrogens with one attached hydrogen (secondary N) is 1. The maximum atomic E-state index is 12.9. The molecular formula is C13H13F3N2OS. The number of halogens is 3. The fourth-order valence-electron chi connectivity index (χ4n) is 1.71. The van der Waals surface area contributed by atoms with Gasteiger partial charge in [-0.25, -0.2) is 0 Å². The first-order chi connectivity index (χ1) is 9.24. The molecule has 20 heavy (non-hydrogen) atoms. The molecule has 1 heterocycles. The molecule has 1 aliphatic heterocycles. The summed E-state index contributed by atoms with van der Waals surface area (Å²) in [4.78, 5) is 15.0. The van der Waals surface area contributed by atoms with Crippen molar-refractivity contribution in [1.29, 1.82) is 0 Å². The molecule has 0 spiro atoms. The number of aliphatic imine (C=N–C) groups is 1. The zero-order valence-electron chi connectivity index (χ0n) is 10.9. The summed E-state index contributed by atoms with van der Waals surface area (Å²) in [5.74, 6) is -1.17. The lowest BCUT2D eigenvalue weighted by molar-refractivity contribution is -0.165. The van der Waals surface area contributed by atoms with E-state index in [2.05, 4.69) is 10.3 Å². The predicted molar refractivity (Wildman–Crippen MR) is 72.5 cm³/mol. The van der Waals surface area contributed by atoms with Crippen LogP contribution in [0.1, 0.15) is 25.5 Å². The Kier molecular flexibility index (Phi) is 3.82. The van der Waals surface area contributed by atoms with E-state index in [1.165, 1.54) is 0 Å². The molecule has 0 saturated heterocycles. The molecule has 1 aromatic rings. The Hall–Kier alpha value is -1.50. The van der Waals surface area contributed by atoms with Crippen molar-refractivity contribution in [2.75, 3.05) is 0 Å². The fourth-order valence-corrected chi connectivity index (χ4v) is 2.71. The highest BCUT2D eigenvalue weighted by Crippen LogP contribution is 2.46. The Labute approximate surface area is 118 Å². The van der Waals surface area contributed by atoms with Crippen LogP contribution in [-0.4, -0.2) is 22.0 Å². The molecule has 0 saturated carbocycles. The zero-order valence-corrected chi connectivity index (χ0v) is 11.7. The molecule has 1 aliphatic rings. The Bertz CT molecular complexity index is 544. The van der Waals surface area contributed by atoms with Crippen LogP contribution in [0.25, 0.3) is 0 Å². The lowest BCUT2D eigenvalue weighted by Gasteiger charge is -2.23. The first-order valence-corrected chi connectivity index (χ1v) is 6.76. The minimum atomic E-state index is -4.63. The lowest BCUT2D eigenvalue weighted by Crippen LogP contribution is -2.44. The molecule has 1 unspecified atom stereocenters. The van der Waals surface area contributed by atoms with Crippen LogP contribution < -0.4 is 5.32 Å². The zero-order chi connectivity index (χ0) is 15.0. The van der Waals surface area contributed by atoms with Crippen LogP contribution in [0.15, 0.2) is 35.3 Å². The van der Waals surface area contributed by atoms with Crippen molar-refractivity contribution in [2.45, 2.75) is 30.8 Å². The molecule has 0 bridgehead atoms. The van der Waals surface area contributed by atoms with Gasteiger partial charge in [-0.2, -0.15) is 18.2 Å². The number of nitrogens with zero attached hydrogens (tertiary/aromatic N) is 1. The summed E-state index contributed by atoms with van der Waals surface area (Å²) in [7, 11) is 0. The van der Waals surface area contributed by atoms with Gasteiger partial charge in [0.25, 0.3) is 5.91 Å². The average Bonchev–Trinajstić information content (AvgIpc) is 2.66. The monoisotopic (exact) mass is 302 g/mol. The third-order valence-corrected chi connectivity index (χ3v) is 4.31. The van der Waals surface area contributed by atoms with Crippen LogP contribution in [-0.2, 0) is 4.79 Å². The van der Waals surface area contributed by atoms with Gasteiger partial charge in [-0.3, -0.25) is 4.79 Å². The Morgan fingerprint density at radius 1 is 1.30 bits per heavy atom. The van der Waals surface area contributed by atoms with Crippen molar-refractivity contribution in [1.82, 2.24) is 5.32 Å². The predicted octanol–water partition coefficient (Wildman–Crippen LogP) is 3.29. The highest BCUT2D eigenvalue weighted by Gasteiger charge is 2.61. The molecule has 0 aliphatic carbocycles. The van der Waals surface area contributed by atoms with Crippen molar-refractivity contribution in [3.05, 3.63) is 35.9 Å². The lowest BCUT2D eigenvalue weighted by atomic mass is 10.1. The SMILES string of the molecule is C[C@H](NC1=NC(=O)C(C)(C(F)(F)F)S1)c1ccccc1. The van der Waals surface area contributed by atoms with Gasteiger partial charge < -0.3 is 5.32 Å². The molecule has 1 aromatic carbocycles. The number of hydrogen-bond acceptors (Lipinski definition) is 3. The summed E-state index contributed by atoms with van der Waals surface area (Å²) in [5, 5.41) is 2.85. The largest absolute Gasteiger partial charge is 0.412 e. The minimum Gasteiger partial charge on any atom is -0.358 e. The number of carbonyl (C=O) groups is 1. The number of benzene rings is 1. The molecule has 1 N–H and O–H groups in total. The van der Waals surface area contributed by atoms with E-state index in [-0.39, 0.29) is 11.2 Å². The quantitative estimate of drug-likeness (QED) is 0.911. The summed E-state index contributed by atoms with van der Waals surface area (Å²) in [6.07, 6.45) is -4.63. The van der Waals surface area contributed by atoms with Crippen LogP contribution in [0.4, 0.5) is 13.2 Å². The van der Waals surface area contributed by atoms with Gasteiger partial charge in [-0.05, 0) is 19.4 Å². The van der Waals surface area contributed by atoms with Crippen molar-refractivity contribution in [3.63, 3.8) is 0 Å². The molecule has 0 aromatic heterocycles. The van der Waals surface area contributed by atoms with E-state index in [1.807, 2.05) is 30.3 Å². The summed E-state index contributed by atoms with van der Waals surface area (Å²) in [6.45, 7) is 2.65. The van der Waals surface area contributed by atoms with Gasteiger partial charge in [0.15, 0.2) is 9.91 Å². The Balaban J connectivity index is 2.10. The second-order valence-electron chi connectivity index (χ2n) is 4.63. The van der Waals surface area contributed by atoms with Crippen molar-refractivity contribution >= 4 is 22.8 Å². The standard InChI is InChI=1S/C13H13F3N2OS/c1-8(9-6-4-3-5-7-9)17-11-18-10(19)12(2,20-11)13(14,15)16/h3-8H,1-2H3,(H,17,18,19)/t8-,12?/m0/s1. The normalized spacial score (nSPS) is 24.4. The van der Waals surface area contributed by atoms with Crippen LogP contribution >= 0.6 is 11.8 Å². The van der Waals surface area contributed by atoms with Gasteiger partial charge in [0, 0.05) is 0 Å². The van der Waals surface area contributed by atoms with E-state index in [0.29, 0.717) is 11.8 Å². The molecule has 1 amide bonds. The number of alkyl halides is 3. The molecule has 2 atom stereocenters. The fraction of sp³-hybridized carbons (Fsp3) is 0.385. The highest BCUT2D eigenvalue weighted by atomic mass is 32.2. The van der Waals surface area contributed by atoms with Gasteiger partial charge in [0.05, 0.1) is 6.04 Å². The third-order valence-electron chi connectivity index (χ3n) is 3.09. The first-order valence-electron chi connectivity index (χ1n) is 5.94. The number of hydrogen-bond donors (Lipinski definition) is 1. The van der Waals surface area contributed by atoms with Crippen LogP contribution in [0.5, 0.6) is 0 Å². The highest BCUT2D eigenvalue weighted by molar-refractivity contribution is 8.16. The van der Waals surface area contributed by atoms with Gasteiger partial charge in [-0.15, -0.1) is 0 Å². The number of amidine groups is 1. The molecular weight excluding hydrogens is 289 g/mol. The van der Waals surface area contributed by atoms with E-state index >= 15 is 0 Å². The topological polar surface area (TPSA) is 41.5 Å². The summed E-state index contributed by atoms with van der Waals surface area (Å²) in [6, 6.07) is 8.99. The van der Waals surface area contributed by atoms with Crippen LogP contribution in [0.2, 0.25) is 0 Å². The first kappa shape index (κ1) is 14.9. The van der Waals surface area contributed by atoms with Gasteiger partial charge in [0.1, 0.15) is 0 Å². The number of rotatable bonds is 2. The summed E-state index contributed by atoms with van der Waals surface area (Å²) < 4.78 is 36.2. The van der Waals surface area contributed by atoms with Crippen LogP contribution in [0.3, 0.4) is 0 Å². The van der Waals surface area contributed by atoms with E-state index in [9.17, 15) is 18.0 Å². The smallest absolute Gasteiger partial charge is 0.358 e. The Morgan fingerprint density at radius 3 is 2.40 bits per heavy atom. The minimum absolute atomic E-state index is 0.00572. The maximum absolute atomic E-state index is 12.9. The number of amides is 1. The van der Waals surface area contributed by atoms with Gasteiger partial charge >= 0.3 is 6.18 Å². The third kappa shape index (κ3) is 2.67. The molecule has 0 fully saturated rings. The van der Waals surface area contributed by atoms with Crippen molar-refractivity contribution < 1.29 is 18.0 Å². The maximum Gasteiger partial charge on any atom is 0.412 e. The Morgan fingerprint density at radius 2 is 1.90 bits per heavy atom. The molecule has 108 valence electrons. The van der Waals surface area contributed by atoms with Crippen molar-refractivity contribution in [2.24, 2.45) is 4.99 Å². The number of thioether (sulfide) groups is 1.